The van der Waals surface area contributed by atoms with Crippen molar-refractivity contribution in [2.24, 2.45) is 0 Å². The van der Waals surface area contributed by atoms with Crippen LogP contribution in [-0.2, 0) is 24.2 Å². The Morgan fingerprint density at radius 2 is 1.94 bits per heavy atom. The van der Waals surface area contributed by atoms with Gasteiger partial charge in [0.2, 0.25) is 5.91 Å². The Balaban J connectivity index is 0.00000181. The Labute approximate surface area is 198 Å². The standard InChI is InChI=1S/C22H24N6O2.2ClH/c1-14-16(7-8-19(23)27-14)12-26-21(29)18-11-17-13-25-20(22(30)28(17)18)24-10-9-15-5-3-2-4-6-15;;/h2-8,13,18H,9-12H2,1H3,(H2,23,27)(H,24,25)(H,26,29);2*1H/t18-;;/m0../s1. The number of nitrogen functional groups attached to an aromatic ring is 1. The van der Waals surface area contributed by atoms with Crippen LogP contribution in [0.5, 0.6) is 0 Å². The molecule has 1 atom stereocenters. The lowest BCUT2D eigenvalue weighted by atomic mass is 10.0. The number of aromatic nitrogens is 3. The van der Waals surface area contributed by atoms with Crippen molar-refractivity contribution in [1.29, 1.82) is 0 Å². The monoisotopic (exact) mass is 476 g/mol. The average molecular weight is 477 g/mol. The summed E-state index contributed by atoms with van der Waals surface area (Å²) in [5, 5.41) is 5.99. The minimum Gasteiger partial charge on any atom is -0.384 e. The number of benzene rings is 1. The second-order valence-corrected chi connectivity index (χ2v) is 7.35. The molecule has 0 bridgehead atoms. The van der Waals surface area contributed by atoms with E-state index in [4.69, 9.17) is 5.73 Å². The quantitative estimate of drug-likeness (QED) is 0.482. The van der Waals surface area contributed by atoms with Gasteiger partial charge in [0.25, 0.3) is 5.56 Å². The number of amides is 1. The fourth-order valence-electron chi connectivity index (χ4n) is 3.57. The van der Waals surface area contributed by atoms with Crippen molar-refractivity contribution >= 4 is 42.4 Å². The predicted molar refractivity (Wildman–Crippen MR) is 130 cm³/mol. The molecule has 0 saturated carbocycles. The second kappa shape index (κ2) is 11.0. The summed E-state index contributed by atoms with van der Waals surface area (Å²) in [6.45, 7) is 2.78. The number of aryl methyl sites for hydroxylation is 1. The van der Waals surface area contributed by atoms with Crippen molar-refractivity contribution in [1.82, 2.24) is 19.9 Å². The number of carbonyl (C=O) groups is 1. The van der Waals surface area contributed by atoms with Gasteiger partial charge in [-0.1, -0.05) is 36.4 Å². The van der Waals surface area contributed by atoms with Gasteiger partial charge in [0.05, 0.1) is 0 Å². The van der Waals surface area contributed by atoms with Crippen molar-refractivity contribution in [3.05, 3.63) is 81.5 Å². The molecule has 4 rings (SSSR count). The molecular weight excluding hydrogens is 451 g/mol. The summed E-state index contributed by atoms with van der Waals surface area (Å²) in [6, 6.07) is 13.0. The average Bonchev–Trinajstić information content (AvgIpc) is 2.71. The number of fused-ring (bicyclic) bond motifs is 1. The SMILES string of the molecule is Cc1nc(N)ccc1CNC(=O)[C@@H]1Cc2cnc(NCCc3ccccc3)c(=O)n21.Cl.Cl. The van der Waals surface area contributed by atoms with E-state index in [9.17, 15) is 9.59 Å². The van der Waals surface area contributed by atoms with E-state index in [-0.39, 0.29) is 42.1 Å². The summed E-state index contributed by atoms with van der Waals surface area (Å²) in [4.78, 5) is 33.9. The number of carbonyl (C=O) groups excluding carboxylic acids is 1. The van der Waals surface area contributed by atoms with Crippen LogP contribution in [0.15, 0.2) is 53.5 Å². The normalized spacial score (nSPS) is 13.6. The van der Waals surface area contributed by atoms with Crippen LogP contribution >= 0.6 is 24.8 Å². The van der Waals surface area contributed by atoms with Crippen molar-refractivity contribution in [3.63, 3.8) is 0 Å². The highest BCUT2D eigenvalue weighted by atomic mass is 35.5. The highest BCUT2D eigenvalue weighted by Crippen LogP contribution is 2.25. The van der Waals surface area contributed by atoms with Crippen LogP contribution in [0.1, 0.15) is 28.6 Å². The molecule has 170 valence electrons. The number of pyridine rings is 1. The highest BCUT2D eigenvalue weighted by molar-refractivity contribution is 5.85. The summed E-state index contributed by atoms with van der Waals surface area (Å²) >= 11 is 0. The maximum Gasteiger partial charge on any atom is 0.294 e. The molecule has 0 spiro atoms. The van der Waals surface area contributed by atoms with E-state index >= 15 is 0 Å². The van der Waals surface area contributed by atoms with E-state index in [2.05, 4.69) is 20.6 Å². The third-order valence-electron chi connectivity index (χ3n) is 5.31. The summed E-state index contributed by atoms with van der Waals surface area (Å²) in [5.74, 6) is 0.523. The van der Waals surface area contributed by atoms with Gasteiger partial charge in [0, 0.05) is 37.1 Å². The van der Waals surface area contributed by atoms with E-state index < -0.39 is 6.04 Å². The lowest BCUT2D eigenvalue weighted by Crippen LogP contribution is -2.47. The molecule has 0 saturated heterocycles. The summed E-state index contributed by atoms with van der Waals surface area (Å²) in [5.41, 5.74) is 9.01. The van der Waals surface area contributed by atoms with Gasteiger partial charge in [0.1, 0.15) is 11.9 Å². The van der Waals surface area contributed by atoms with Gasteiger partial charge in [-0.3, -0.25) is 14.2 Å². The molecule has 3 aromatic rings. The highest BCUT2D eigenvalue weighted by Gasteiger charge is 2.34. The number of nitrogens with one attached hydrogen (secondary N) is 2. The van der Waals surface area contributed by atoms with Crippen molar-refractivity contribution in [2.45, 2.75) is 32.4 Å². The number of anilines is 2. The smallest absolute Gasteiger partial charge is 0.294 e. The van der Waals surface area contributed by atoms with Crippen LogP contribution in [0.2, 0.25) is 0 Å². The topological polar surface area (TPSA) is 115 Å². The Hall–Kier alpha value is -3.10. The predicted octanol–water partition coefficient (Wildman–Crippen LogP) is 2.44. The van der Waals surface area contributed by atoms with Crippen molar-refractivity contribution in [3.8, 4) is 0 Å². The van der Waals surface area contributed by atoms with Crippen LogP contribution in [0, 0.1) is 6.92 Å². The first-order chi connectivity index (χ1) is 14.5. The zero-order valence-corrected chi connectivity index (χ0v) is 19.2. The molecule has 1 aliphatic heterocycles. The molecule has 1 amide bonds. The molecule has 2 aromatic heterocycles. The van der Waals surface area contributed by atoms with Crippen LogP contribution < -0.4 is 21.9 Å². The maximum atomic E-state index is 12.8. The van der Waals surface area contributed by atoms with Gasteiger partial charge < -0.3 is 16.4 Å². The zero-order chi connectivity index (χ0) is 21.1. The minimum absolute atomic E-state index is 0. The number of halogens is 2. The van der Waals surface area contributed by atoms with Gasteiger partial charge in [-0.05, 0) is 30.5 Å². The second-order valence-electron chi connectivity index (χ2n) is 7.35. The minimum atomic E-state index is -0.521. The molecule has 4 N–H and O–H groups in total. The molecule has 10 heteroatoms. The number of nitrogens with two attached hydrogens (primary N) is 1. The summed E-state index contributed by atoms with van der Waals surface area (Å²) in [7, 11) is 0. The van der Waals surface area contributed by atoms with Crippen molar-refractivity contribution < 1.29 is 4.79 Å². The Bertz CT molecular complexity index is 1140. The van der Waals surface area contributed by atoms with Gasteiger partial charge in [-0.15, -0.1) is 24.8 Å². The fraction of sp³-hybridized carbons (Fsp3) is 0.273. The van der Waals surface area contributed by atoms with E-state index in [1.54, 1.807) is 12.3 Å². The van der Waals surface area contributed by atoms with E-state index in [1.165, 1.54) is 10.1 Å². The third kappa shape index (κ3) is 5.38. The molecule has 8 nitrogen and oxygen atoms in total. The molecule has 1 aliphatic rings. The van der Waals surface area contributed by atoms with Crippen LogP contribution in [0.25, 0.3) is 0 Å². The summed E-state index contributed by atoms with van der Waals surface area (Å²) < 4.78 is 1.52. The first kappa shape index (κ1) is 25.2. The first-order valence-electron chi connectivity index (χ1n) is 9.91. The number of hydrogen-bond donors (Lipinski definition) is 3. The molecule has 1 aromatic carbocycles. The Kier molecular flexibility index (Phi) is 8.63. The largest absolute Gasteiger partial charge is 0.384 e. The fourth-order valence-corrected chi connectivity index (χ4v) is 3.57. The van der Waals surface area contributed by atoms with Gasteiger partial charge in [-0.25, -0.2) is 9.97 Å². The number of hydrogen-bond acceptors (Lipinski definition) is 6. The van der Waals surface area contributed by atoms with Gasteiger partial charge >= 0.3 is 0 Å². The molecule has 0 radical (unpaired) electrons. The van der Waals surface area contributed by atoms with E-state index in [0.717, 1.165) is 23.4 Å². The molecular formula is C22H26Cl2N6O2. The Morgan fingerprint density at radius 1 is 1.19 bits per heavy atom. The summed E-state index contributed by atoms with van der Waals surface area (Å²) in [6.07, 6.45) is 2.93. The van der Waals surface area contributed by atoms with Crippen LogP contribution in [-0.4, -0.2) is 27.0 Å². The molecule has 0 fully saturated rings. The molecule has 3 heterocycles. The van der Waals surface area contributed by atoms with E-state index in [0.29, 0.717) is 25.3 Å². The van der Waals surface area contributed by atoms with Crippen molar-refractivity contribution in [2.75, 3.05) is 17.6 Å². The zero-order valence-electron chi connectivity index (χ0n) is 17.6. The Morgan fingerprint density at radius 3 is 2.66 bits per heavy atom. The molecule has 0 unspecified atom stereocenters. The van der Waals surface area contributed by atoms with Crippen LogP contribution in [0.4, 0.5) is 11.6 Å². The van der Waals surface area contributed by atoms with Crippen LogP contribution in [0.3, 0.4) is 0 Å². The maximum absolute atomic E-state index is 12.8. The van der Waals surface area contributed by atoms with Gasteiger partial charge in [-0.2, -0.15) is 0 Å². The van der Waals surface area contributed by atoms with E-state index in [1.807, 2.05) is 43.3 Å². The molecule has 32 heavy (non-hydrogen) atoms. The molecule has 0 aliphatic carbocycles. The third-order valence-corrected chi connectivity index (χ3v) is 5.31. The lowest BCUT2D eigenvalue weighted by molar-refractivity contribution is -0.125. The lowest BCUT2D eigenvalue weighted by Gasteiger charge is -2.31. The number of nitrogens with zero attached hydrogens (tertiary/aromatic N) is 3. The van der Waals surface area contributed by atoms with Gasteiger partial charge in [0.15, 0.2) is 5.82 Å². The number of rotatable bonds is 7. The first-order valence-corrected chi connectivity index (χ1v) is 9.91.